The summed E-state index contributed by atoms with van der Waals surface area (Å²) in [4.78, 5) is 5.10. The van der Waals surface area contributed by atoms with Gasteiger partial charge in [-0.25, -0.2) is 9.53 Å². The van der Waals surface area contributed by atoms with Crippen LogP contribution in [0, 0.1) is 13.5 Å². The fraction of sp³-hybridized carbons (Fsp3) is 0.440. The third-order valence-electron chi connectivity index (χ3n) is 5.98. The van der Waals surface area contributed by atoms with Gasteiger partial charge in [0.05, 0.1) is 12.1 Å². The van der Waals surface area contributed by atoms with E-state index in [1.807, 2.05) is 0 Å². The molecule has 1 aliphatic heterocycles. The lowest BCUT2D eigenvalue weighted by Gasteiger charge is -2.26. The second-order valence-corrected chi connectivity index (χ2v) is 15.8. The summed E-state index contributed by atoms with van der Waals surface area (Å²) in [5.41, 5.74) is 6.18. The summed E-state index contributed by atoms with van der Waals surface area (Å²) in [5, 5.41) is 6.12. The number of aryl methyl sites for hydroxylation is 1. The Balaban J connectivity index is 1.76. The van der Waals surface area contributed by atoms with Crippen LogP contribution in [0.2, 0.25) is 30.7 Å². The summed E-state index contributed by atoms with van der Waals surface area (Å²) in [6.45, 7) is 16.2. The minimum absolute atomic E-state index is 0.288. The van der Waals surface area contributed by atoms with Crippen molar-refractivity contribution in [1.82, 2.24) is 14.7 Å². The maximum atomic E-state index is 7.82. The van der Waals surface area contributed by atoms with Crippen molar-refractivity contribution in [2.24, 2.45) is 0 Å². The standard InChI is InChI=1S/C25H31ClN4OSi/c1-17-11-18(12-19-15-29(3)8-7-20(17)19)25-21-13-22(26)23(27-2)14-24(21)30(28-25)16-31-9-10-32(4,5)6/h11-14H,7-10,15-16H2,1,3-6H3/i3D3. The van der Waals surface area contributed by atoms with Crippen LogP contribution in [-0.4, -0.2) is 42.9 Å². The van der Waals surface area contributed by atoms with E-state index in [0.29, 0.717) is 36.8 Å². The van der Waals surface area contributed by atoms with Gasteiger partial charge in [0.15, 0.2) is 0 Å². The van der Waals surface area contributed by atoms with E-state index < -0.39 is 15.0 Å². The predicted octanol–water partition coefficient (Wildman–Crippen LogP) is 6.52. The molecule has 7 heteroatoms. The van der Waals surface area contributed by atoms with E-state index in [2.05, 4.69) is 43.5 Å². The maximum absolute atomic E-state index is 7.82. The van der Waals surface area contributed by atoms with Gasteiger partial charge in [-0.2, -0.15) is 5.10 Å². The van der Waals surface area contributed by atoms with E-state index in [1.54, 1.807) is 21.7 Å². The number of likely N-dealkylation sites (N-methyl/N-ethyl adjacent to an activating group) is 1. The van der Waals surface area contributed by atoms with Crippen LogP contribution in [0.25, 0.3) is 27.0 Å². The summed E-state index contributed by atoms with van der Waals surface area (Å²) < 4.78 is 31.2. The number of hydrogen-bond acceptors (Lipinski definition) is 3. The molecule has 0 amide bonds. The Hall–Kier alpha value is -2.17. The molecule has 0 radical (unpaired) electrons. The van der Waals surface area contributed by atoms with Crippen molar-refractivity contribution in [3.63, 3.8) is 0 Å². The molecule has 3 aromatic rings. The number of ether oxygens (including phenoxy) is 1. The van der Waals surface area contributed by atoms with Crippen molar-refractivity contribution < 1.29 is 8.85 Å². The topological polar surface area (TPSA) is 34.7 Å². The van der Waals surface area contributed by atoms with Crippen LogP contribution in [0.5, 0.6) is 0 Å². The molecule has 0 atom stereocenters. The van der Waals surface area contributed by atoms with E-state index >= 15 is 0 Å². The van der Waals surface area contributed by atoms with Crippen LogP contribution in [0.3, 0.4) is 0 Å². The van der Waals surface area contributed by atoms with Crippen molar-refractivity contribution >= 4 is 36.3 Å². The van der Waals surface area contributed by atoms with Crippen LogP contribution >= 0.6 is 11.6 Å². The third kappa shape index (κ3) is 4.77. The number of benzene rings is 2. The molecule has 0 fully saturated rings. The van der Waals surface area contributed by atoms with Crippen molar-refractivity contribution in [2.45, 2.75) is 52.3 Å². The number of rotatable bonds is 6. The zero-order valence-electron chi connectivity index (χ0n) is 22.1. The lowest BCUT2D eigenvalue weighted by molar-refractivity contribution is 0.0819. The van der Waals surface area contributed by atoms with Gasteiger partial charge in [-0.05, 0) is 67.3 Å². The van der Waals surface area contributed by atoms with Crippen LogP contribution in [-0.2, 0) is 24.4 Å². The number of nitrogens with zero attached hydrogens (tertiary/aromatic N) is 4. The van der Waals surface area contributed by atoms with Gasteiger partial charge in [0.2, 0.25) is 5.69 Å². The van der Waals surface area contributed by atoms with Crippen LogP contribution in [0.15, 0.2) is 24.3 Å². The quantitative estimate of drug-likeness (QED) is 0.234. The van der Waals surface area contributed by atoms with Crippen molar-refractivity contribution in [3.05, 3.63) is 57.4 Å². The molecule has 0 N–H and O–H groups in total. The average molecular weight is 470 g/mol. The number of aromatic nitrogens is 2. The number of halogens is 1. The summed E-state index contributed by atoms with van der Waals surface area (Å²) in [6.07, 6.45) is 0.708. The first-order chi connectivity index (χ1) is 16.4. The summed E-state index contributed by atoms with van der Waals surface area (Å²) in [6, 6.07) is 8.79. The summed E-state index contributed by atoms with van der Waals surface area (Å²) in [5.74, 6) is 0. The Morgan fingerprint density at radius 2 is 2.09 bits per heavy atom. The van der Waals surface area contributed by atoms with Gasteiger partial charge < -0.3 is 9.64 Å². The molecular formula is C25H31ClN4OSi. The molecule has 0 saturated heterocycles. The third-order valence-corrected chi connectivity index (χ3v) is 7.99. The molecular weight excluding hydrogens is 436 g/mol. The molecule has 1 aromatic heterocycles. The van der Waals surface area contributed by atoms with E-state index in [4.69, 9.17) is 32.1 Å². The Bertz CT molecular complexity index is 1310. The normalized spacial score (nSPS) is 16.3. The summed E-state index contributed by atoms with van der Waals surface area (Å²) >= 11 is 6.42. The minimum atomic E-state index is -2.12. The van der Waals surface area contributed by atoms with Crippen LogP contribution in [0.4, 0.5) is 5.69 Å². The van der Waals surface area contributed by atoms with E-state index in [1.165, 1.54) is 5.56 Å². The summed E-state index contributed by atoms with van der Waals surface area (Å²) in [7, 11) is -1.21. The molecule has 4 rings (SSSR count). The fourth-order valence-electron chi connectivity index (χ4n) is 4.17. The maximum Gasteiger partial charge on any atom is 0.207 e. The van der Waals surface area contributed by atoms with Crippen molar-refractivity contribution in [1.29, 1.82) is 0 Å². The highest BCUT2D eigenvalue weighted by Crippen LogP contribution is 2.37. The second kappa shape index (κ2) is 8.99. The molecule has 0 unspecified atom stereocenters. The molecule has 32 heavy (non-hydrogen) atoms. The lowest BCUT2D eigenvalue weighted by atomic mass is 9.91. The molecule has 0 spiro atoms. The first-order valence-electron chi connectivity index (χ1n) is 12.4. The van der Waals surface area contributed by atoms with Gasteiger partial charge in [0.1, 0.15) is 12.4 Å². The number of fused-ring (bicyclic) bond motifs is 2. The van der Waals surface area contributed by atoms with Gasteiger partial charge in [-0.3, -0.25) is 0 Å². The molecule has 168 valence electrons. The van der Waals surface area contributed by atoms with Gasteiger partial charge >= 0.3 is 0 Å². The van der Waals surface area contributed by atoms with E-state index in [0.717, 1.165) is 39.3 Å². The van der Waals surface area contributed by atoms with Crippen LogP contribution < -0.4 is 0 Å². The Morgan fingerprint density at radius 1 is 1.28 bits per heavy atom. The first-order valence-corrected chi connectivity index (χ1v) is 15.0. The van der Waals surface area contributed by atoms with Gasteiger partial charge in [0, 0.05) is 47.9 Å². The number of hydrogen-bond donors (Lipinski definition) is 0. The van der Waals surface area contributed by atoms with Crippen LogP contribution in [0.1, 0.15) is 20.8 Å². The molecule has 0 aliphatic carbocycles. The lowest BCUT2D eigenvalue weighted by Crippen LogP contribution is -2.27. The minimum Gasteiger partial charge on any atom is -0.360 e. The van der Waals surface area contributed by atoms with Gasteiger partial charge in [-0.1, -0.05) is 31.2 Å². The first kappa shape index (κ1) is 19.3. The largest absolute Gasteiger partial charge is 0.360 e. The molecule has 0 bridgehead atoms. The highest BCUT2D eigenvalue weighted by Gasteiger charge is 2.20. The molecule has 5 nitrogen and oxygen atoms in total. The highest BCUT2D eigenvalue weighted by atomic mass is 35.5. The zero-order valence-corrected chi connectivity index (χ0v) is 20.9. The molecule has 2 heterocycles. The Morgan fingerprint density at radius 3 is 2.81 bits per heavy atom. The Kier molecular flexibility index (Phi) is 5.43. The fourth-order valence-corrected chi connectivity index (χ4v) is 5.13. The van der Waals surface area contributed by atoms with Crippen molar-refractivity contribution in [3.8, 4) is 11.3 Å². The second-order valence-electron chi connectivity index (χ2n) is 9.73. The molecule has 1 aliphatic rings. The molecule has 2 aromatic carbocycles. The molecule has 0 saturated carbocycles. The van der Waals surface area contributed by atoms with E-state index in [9.17, 15) is 0 Å². The Labute approximate surface area is 201 Å². The smallest absolute Gasteiger partial charge is 0.207 e. The van der Waals surface area contributed by atoms with E-state index in [-0.39, 0.29) is 6.73 Å². The monoisotopic (exact) mass is 469 g/mol. The zero-order chi connectivity index (χ0) is 25.5. The van der Waals surface area contributed by atoms with Crippen molar-refractivity contribution in [2.75, 3.05) is 20.1 Å². The SMILES string of the molecule is [2H]C([2H])([2H])N1CCc2c(C)cc(-c3nn(COCC[Si](C)(C)C)c4cc([N+]#[C-])c(Cl)cc34)cc2C1. The highest BCUT2D eigenvalue weighted by molar-refractivity contribution is 6.76. The van der Waals surface area contributed by atoms with Gasteiger partial charge in [0.25, 0.3) is 0 Å². The van der Waals surface area contributed by atoms with Gasteiger partial charge in [-0.15, -0.1) is 0 Å². The average Bonchev–Trinajstić information content (AvgIpc) is 3.11. The predicted molar refractivity (Wildman–Crippen MR) is 135 cm³/mol.